The van der Waals surface area contributed by atoms with Crippen molar-refractivity contribution >= 4 is 11.9 Å². The molecule has 0 bridgehead atoms. The summed E-state index contributed by atoms with van der Waals surface area (Å²) >= 11 is 0. The normalized spacial score (nSPS) is 12.3. The second-order valence-electron chi connectivity index (χ2n) is 4.09. The average molecular weight is 246 g/mol. The first-order chi connectivity index (χ1) is 8.01. The fourth-order valence-electron chi connectivity index (χ4n) is 1.39. The van der Waals surface area contributed by atoms with Gasteiger partial charge in [0.25, 0.3) is 0 Å². The molecule has 1 atom stereocenters. The van der Waals surface area contributed by atoms with Gasteiger partial charge in [0.05, 0.1) is 13.5 Å². The van der Waals surface area contributed by atoms with Crippen molar-refractivity contribution in [2.24, 2.45) is 11.7 Å². The zero-order valence-electron chi connectivity index (χ0n) is 10.7. The third-order valence-electron chi connectivity index (χ3n) is 2.16. The summed E-state index contributed by atoms with van der Waals surface area (Å²) in [5.41, 5.74) is 5.06. The van der Waals surface area contributed by atoms with E-state index in [2.05, 4.69) is 14.8 Å². The van der Waals surface area contributed by atoms with Crippen molar-refractivity contribution in [3.8, 4) is 0 Å². The Morgan fingerprint density at radius 3 is 2.47 bits per heavy atom. The van der Waals surface area contributed by atoms with Gasteiger partial charge in [0, 0.05) is 6.54 Å². The molecule has 0 saturated carbocycles. The molecular weight excluding hydrogens is 224 g/mol. The van der Waals surface area contributed by atoms with Crippen LogP contribution in [0.2, 0.25) is 0 Å². The summed E-state index contributed by atoms with van der Waals surface area (Å²) in [6, 6.07) is -0.384. The van der Waals surface area contributed by atoms with Crippen LogP contribution in [0.15, 0.2) is 0 Å². The average Bonchev–Trinajstić information content (AvgIpc) is 2.26. The standard InChI is InChI=1S/C11H22N2O4/c1-8(2)6-9(11(15)16-3)13-5-4-10(14)17-7-12/h8-9,13H,4-7,12H2,1-3H3. The van der Waals surface area contributed by atoms with Gasteiger partial charge < -0.3 is 14.8 Å². The van der Waals surface area contributed by atoms with E-state index in [0.717, 1.165) is 0 Å². The highest BCUT2D eigenvalue weighted by molar-refractivity contribution is 5.75. The van der Waals surface area contributed by atoms with Gasteiger partial charge in [-0.25, -0.2) is 0 Å². The first-order valence-electron chi connectivity index (χ1n) is 5.68. The maximum atomic E-state index is 11.4. The van der Waals surface area contributed by atoms with Gasteiger partial charge in [-0.1, -0.05) is 13.8 Å². The molecule has 0 spiro atoms. The van der Waals surface area contributed by atoms with Crippen LogP contribution >= 0.6 is 0 Å². The summed E-state index contributed by atoms with van der Waals surface area (Å²) in [6.45, 7) is 4.27. The Bertz CT molecular complexity index is 244. The Hall–Kier alpha value is -1.14. The summed E-state index contributed by atoms with van der Waals surface area (Å²) in [6.07, 6.45) is 0.849. The number of carbonyl (C=O) groups excluding carboxylic acids is 2. The van der Waals surface area contributed by atoms with Crippen molar-refractivity contribution < 1.29 is 19.1 Å². The molecule has 0 aliphatic rings. The summed E-state index contributed by atoms with van der Waals surface area (Å²) in [7, 11) is 1.35. The van der Waals surface area contributed by atoms with E-state index in [4.69, 9.17) is 5.73 Å². The van der Waals surface area contributed by atoms with Crippen LogP contribution in [-0.4, -0.2) is 38.4 Å². The minimum atomic E-state index is -0.384. The number of nitrogens with two attached hydrogens (primary N) is 1. The maximum Gasteiger partial charge on any atom is 0.322 e. The highest BCUT2D eigenvalue weighted by Crippen LogP contribution is 2.06. The highest BCUT2D eigenvalue weighted by Gasteiger charge is 2.19. The monoisotopic (exact) mass is 246 g/mol. The van der Waals surface area contributed by atoms with Crippen LogP contribution in [0.3, 0.4) is 0 Å². The van der Waals surface area contributed by atoms with Crippen LogP contribution in [0.5, 0.6) is 0 Å². The van der Waals surface area contributed by atoms with E-state index in [9.17, 15) is 9.59 Å². The van der Waals surface area contributed by atoms with E-state index >= 15 is 0 Å². The van der Waals surface area contributed by atoms with Crippen molar-refractivity contribution in [2.75, 3.05) is 20.4 Å². The predicted molar refractivity (Wildman–Crippen MR) is 63.0 cm³/mol. The minimum absolute atomic E-state index is 0.120. The zero-order valence-corrected chi connectivity index (χ0v) is 10.7. The number of hydrogen-bond acceptors (Lipinski definition) is 6. The minimum Gasteiger partial charge on any atom is -0.468 e. The summed E-state index contributed by atoms with van der Waals surface area (Å²) in [4.78, 5) is 22.5. The Morgan fingerprint density at radius 1 is 1.35 bits per heavy atom. The summed E-state index contributed by atoms with van der Waals surface area (Å²) < 4.78 is 9.25. The van der Waals surface area contributed by atoms with Gasteiger partial charge in [0.2, 0.25) is 0 Å². The van der Waals surface area contributed by atoms with Crippen molar-refractivity contribution in [1.82, 2.24) is 5.32 Å². The van der Waals surface area contributed by atoms with Crippen molar-refractivity contribution in [2.45, 2.75) is 32.7 Å². The van der Waals surface area contributed by atoms with Crippen LogP contribution < -0.4 is 11.1 Å². The van der Waals surface area contributed by atoms with Gasteiger partial charge in [-0.2, -0.15) is 0 Å². The topological polar surface area (TPSA) is 90.6 Å². The summed E-state index contributed by atoms with van der Waals surface area (Å²) in [5, 5.41) is 2.97. The molecule has 0 aliphatic heterocycles. The molecule has 3 N–H and O–H groups in total. The molecule has 0 aromatic rings. The molecule has 17 heavy (non-hydrogen) atoms. The lowest BCUT2D eigenvalue weighted by molar-refractivity contribution is -0.145. The number of methoxy groups -OCH3 is 1. The number of ether oxygens (including phenoxy) is 2. The fraction of sp³-hybridized carbons (Fsp3) is 0.818. The number of esters is 2. The van der Waals surface area contributed by atoms with Gasteiger partial charge >= 0.3 is 11.9 Å². The van der Waals surface area contributed by atoms with E-state index in [0.29, 0.717) is 18.9 Å². The molecule has 0 heterocycles. The van der Waals surface area contributed by atoms with E-state index in [1.807, 2.05) is 13.8 Å². The number of rotatable bonds is 8. The smallest absolute Gasteiger partial charge is 0.322 e. The van der Waals surface area contributed by atoms with E-state index in [-0.39, 0.29) is 31.1 Å². The largest absolute Gasteiger partial charge is 0.468 e. The SMILES string of the molecule is COC(=O)C(CC(C)C)NCCC(=O)OCN. The van der Waals surface area contributed by atoms with Crippen molar-refractivity contribution in [1.29, 1.82) is 0 Å². The quantitative estimate of drug-likeness (QED) is 0.463. The third-order valence-corrected chi connectivity index (χ3v) is 2.16. The molecule has 6 heteroatoms. The molecule has 0 radical (unpaired) electrons. The zero-order chi connectivity index (χ0) is 13.3. The Labute approximate surface area is 102 Å². The molecule has 0 aromatic carbocycles. The van der Waals surface area contributed by atoms with E-state index in [1.165, 1.54) is 7.11 Å². The lowest BCUT2D eigenvalue weighted by Gasteiger charge is -2.17. The van der Waals surface area contributed by atoms with E-state index in [1.54, 1.807) is 0 Å². The predicted octanol–water partition coefficient (Wildman–Crippen LogP) is 0.0132. The lowest BCUT2D eigenvalue weighted by Crippen LogP contribution is -2.39. The fourth-order valence-corrected chi connectivity index (χ4v) is 1.39. The molecule has 0 rings (SSSR count). The molecule has 100 valence electrons. The first-order valence-corrected chi connectivity index (χ1v) is 5.68. The number of carbonyl (C=O) groups is 2. The first kappa shape index (κ1) is 15.9. The lowest BCUT2D eigenvalue weighted by atomic mass is 10.0. The van der Waals surface area contributed by atoms with Crippen molar-refractivity contribution in [3.63, 3.8) is 0 Å². The molecule has 0 aliphatic carbocycles. The van der Waals surface area contributed by atoms with Crippen LogP contribution in [-0.2, 0) is 19.1 Å². The summed E-state index contributed by atoms with van der Waals surface area (Å²) in [5.74, 6) is -0.332. The highest BCUT2D eigenvalue weighted by atomic mass is 16.5. The number of hydrogen-bond donors (Lipinski definition) is 2. The van der Waals surface area contributed by atoms with Gasteiger partial charge in [0.15, 0.2) is 0 Å². The third kappa shape index (κ3) is 7.70. The molecule has 0 aromatic heterocycles. The molecular formula is C11H22N2O4. The van der Waals surface area contributed by atoms with Gasteiger partial charge in [-0.3, -0.25) is 15.3 Å². The van der Waals surface area contributed by atoms with Gasteiger partial charge in [-0.05, 0) is 12.3 Å². The molecule has 6 nitrogen and oxygen atoms in total. The Morgan fingerprint density at radius 2 is 2.00 bits per heavy atom. The maximum absolute atomic E-state index is 11.4. The van der Waals surface area contributed by atoms with Crippen LogP contribution in [0, 0.1) is 5.92 Å². The van der Waals surface area contributed by atoms with Gasteiger partial charge in [-0.15, -0.1) is 0 Å². The molecule has 0 amide bonds. The van der Waals surface area contributed by atoms with Crippen LogP contribution in [0.4, 0.5) is 0 Å². The number of nitrogens with one attached hydrogen (secondary N) is 1. The second kappa shape index (κ2) is 8.95. The molecule has 0 saturated heterocycles. The van der Waals surface area contributed by atoms with E-state index < -0.39 is 0 Å². The Balaban J connectivity index is 3.99. The van der Waals surface area contributed by atoms with Crippen LogP contribution in [0.25, 0.3) is 0 Å². The molecule has 1 unspecified atom stereocenters. The second-order valence-corrected chi connectivity index (χ2v) is 4.09. The molecule has 0 fully saturated rings. The Kier molecular flexibility index (Phi) is 8.35. The van der Waals surface area contributed by atoms with Crippen molar-refractivity contribution in [3.05, 3.63) is 0 Å². The van der Waals surface area contributed by atoms with Gasteiger partial charge in [0.1, 0.15) is 12.8 Å². The van der Waals surface area contributed by atoms with Crippen LogP contribution in [0.1, 0.15) is 26.7 Å².